The zero-order valence-corrected chi connectivity index (χ0v) is 11.4. The van der Waals surface area contributed by atoms with Crippen LogP contribution in [0.2, 0.25) is 0 Å². The van der Waals surface area contributed by atoms with Gasteiger partial charge in [0.05, 0.1) is 0 Å². The number of halogens is 1. The molecule has 0 aliphatic rings. The molecule has 2 aromatic heterocycles. The van der Waals surface area contributed by atoms with Crippen LogP contribution in [0.1, 0.15) is 31.7 Å². The van der Waals surface area contributed by atoms with Crippen molar-refractivity contribution in [2.24, 2.45) is 0 Å². The average molecular weight is 285 g/mol. The van der Waals surface area contributed by atoms with E-state index in [0.29, 0.717) is 0 Å². The molecule has 2 aromatic rings. The fraction of sp³-hybridized carbons (Fsp3) is 0.333. The summed E-state index contributed by atoms with van der Waals surface area (Å²) in [5, 5.41) is 0. The number of thiophene rings is 1. The number of aryl methyl sites for hydroxylation is 3. The first-order chi connectivity index (χ1) is 7.08. The fourth-order valence-electron chi connectivity index (χ4n) is 1.63. The van der Waals surface area contributed by atoms with Gasteiger partial charge >= 0.3 is 0 Å². The molecular weight excluding hydrogens is 272 g/mol. The Morgan fingerprint density at radius 1 is 1.27 bits per heavy atom. The Balaban J connectivity index is 2.35. The summed E-state index contributed by atoms with van der Waals surface area (Å²) < 4.78 is 5.62. The van der Waals surface area contributed by atoms with E-state index in [1.54, 1.807) is 0 Å². The highest BCUT2D eigenvalue weighted by Crippen LogP contribution is 2.38. The van der Waals surface area contributed by atoms with Gasteiger partial charge < -0.3 is 4.42 Å². The zero-order chi connectivity index (χ0) is 11.0. The van der Waals surface area contributed by atoms with Gasteiger partial charge in [0, 0.05) is 9.75 Å². The minimum Gasteiger partial charge on any atom is -0.465 e. The van der Waals surface area contributed by atoms with Crippen molar-refractivity contribution in [1.29, 1.82) is 0 Å². The van der Waals surface area contributed by atoms with Crippen molar-refractivity contribution in [3.63, 3.8) is 0 Å². The lowest BCUT2D eigenvalue weighted by Crippen LogP contribution is -1.88. The van der Waals surface area contributed by atoms with Crippen LogP contribution >= 0.6 is 27.3 Å². The molecule has 1 atom stereocenters. The van der Waals surface area contributed by atoms with Gasteiger partial charge in [-0.1, -0.05) is 15.9 Å². The SMILES string of the molecule is Cc1ccc(C(Br)c2sc(C)cc2C)o1. The zero-order valence-electron chi connectivity index (χ0n) is 9.00. The van der Waals surface area contributed by atoms with E-state index in [-0.39, 0.29) is 4.83 Å². The van der Waals surface area contributed by atoms with Crippen LogP contribution in [0, 0.1) is 20.8 Å². The second kappa shape index (κ2) is 4.14. The summed E-state index contributed by atoms with van der Waals surface area (Å²) in [6.45, 7) is 6.24. The monoisotopic (exact) mass is 284 g/mol. The molecule has 2 heterocycles. The maximum absolute atomic E-state index is 5.62. The summed E-state index contributed by atoms with van der Waals surface area (Å²) in [7, 11) is 0. The lowest BCUT2D eigenvalue weighted by Gasteiger charge is -2.05. The molecule has 0 bridgehead atoms. The molecule has 0 spiro atoms. The number of rotatable bonds is 2. The molecule has 0 amide bonds. The summed E-state index contributed by atoms with van der Waals surface area (Å²) in [4.78, 5) is 2.86. The van der Waals surface area contributed by atoms with Gasteiger partial charge in [-0.25, -0.2) is 0 Å². The summed E-state index contributed by atoms with van der Waals surface area (Å²) in [5.41, 5.74) is 1.33. The lowest BCUT2D eigenvalue weighted by atomic mass is 10.2. The molecule has 0 saturated carbocycles. The highest BCUT2D eigenvalue weighted by Gasteiger charge is 2.18. The predicted octanol–water partition coefficient (Wildman–Crippen LogP) is 4.75. The Morgan fingerprint density at radius 3 is 2.47 bits per heavy atom. The lowest BCUT2D eigenvalue weighted by molar-refractivity contribution is 0.492. The maximum atomic E-state index is 5.62. The Morgan fingerprint density at radius 2 is 2.00 bits per heavy atom. The normalized spacial score (nSPS) is 13.1. The van der Waals surface area contributed by atoms with Gasteiger partial charge in [-0.15, -0.1) is 11.3 Å². The van der Waals surface area contributed by atoms with Crippen LogP contribution in [-0.4, -0.2) is 0 Å². The van der Waals surface area contributed by atoms with E-state index in [0.717, 1.165) is 11.5 Å². The second-order valence-electron chi connectivity index (χ2n) is 3.72. The molecule has 0 N–H and O–H groups in total. The molecule has 3 heteroatoms. The van der Waals surface area contributed by atoms with Crippen molar-refractivity contribution in [2.75, 3.05) is 0 Å². The molecule has 0 saturated heterocycles. The average Bonchev–Trinajstić information content (AvgIpc) is 2.71. The number of alkyl halides is 1. The smallest absolute Gasteiger partial charge is 0.123 e. The Labute approximate surface area is 102 Å². The summed E-state index contributed by atoms with van der Waals surface area (Å²) in [6.07, 6.45) is 0. The molecule has 1 unspecified atom stereocenters. The molecule has 0 radical (unpaired) electrons. The molecular formula is C12H13BrOS. The van der Waals surface area contributed by atoms with Crippen molar-refractivity contribution >= 4 is 27.3 Å². The van der Waals surface area contributed by atoms with Crippen LogP contribution in [0.15, 0.2) is 22.6 Å². The number of hydrogen-bond acceptors (Lipinski definition) is 2. The summed E-state index contributed by atoms with van der Waals surface area (Å²) in [6, 6.07) is 6.24. The Hall–Kier alpha value is -0.540. The van der Waals surface area contributed by atoms with Crippen LogP contribution in [-0.2, 0) is 0 Å². The van der Waals surface area contributed by atoms with E-state index in [4.69, 9.17) is 4.42 Å². The first-order valence-corrected chi connectivity index (χ1v) is 6.58. The van der Waals surface area contributed by atoms with Crippen molar-refractivity contribution in [3.05, 3.63) is 45.0 Å². The van der Waals surface area contributed by atoms with Crippen LogP contribution in [0.3, 0.4) is 0 Å². The molecule has 2 rings (SSSR count). The van der Waals surface area contributed by atoms with E-state index in [2.05, 4.69) is 35.8 Å². The van der Waals surface area contributed by atoms with E-state index in [9.17, 15) is 0 Å². The van der Waals surface area contributed by atoms with Crippen LogP contribution in [0.5, 0.6) is 0 Å². The van der Waals surface area contributed by atoms with Crippen LogP contribution in [0.25, 0.3) is 0 Å². The number of furan rings is 1. The molecule has 15 heavy (non-hydrogen) atoms. The first-order valence-electron chi connectivity index (χ1n) is 4.85. The van der Waals surface area contributed by atoms with E-state index < -0.39 is 0 Å². The molecule has 1 nitrogen and oxygen atoms in total. The van der Waals surface area contributed by atoms with Crippen LogP contribution < -0.4 is 0 Å². The van der Waals surface area contributed by atoms with Crippen molar-refractivity contribution < 1.29 is 4.42 Å². The largest absolute Gasteiger partial charge is 0.465 e. The molecule has 0 aliphatic carbocycles. The molecule has 0 fully saturated rings. The van der Waals surface area contributed by atoms with Gasteiger partial charge in [-0.3, -0.25) is 0 Å². The van der Waals surface area contributed by atoms with Crippen molar-refractivity contribution in [3.8, 4) is 0 Å². The predicted molar refractivity (Wildman–Crippen MR) is 68.0 cm³/mol. The van der Waals surface area contributed by atoms with Gasteiger partial charge in [0.2, 0.25) is 0 Å². The third-order valence-electron chi connectivity index (χ3n) is 2.32. The van der Waals surface area contributed by atoms with E-state index in [1.165, 1.54) is 15.3 Å². The third-order valence-corrected chi connectivity index (χ3v) is 4.75. The van der Waals surface area contributed by atoms with Gasteiger partial charge in [0.1, 0.15) is 16.3 Å². The number of hydrogen-bond donors (Lipinski definition) is 0. The first kappa shape index (κ1) is 11.0. The maximum Gasteiger partial charge on any atom is 0.123 e. The van der Waals surface area contributed by atoms with Gasteiger partial charge in [0.15, 0.2) is 0 Å². The Kier molecular flexibility index (Phi) is 3.03. The van der Waals surface area contributed by atoms with Gasteiger partial charge in [-0.2, -0.15) is 0 Å². The third kappa shape index (κ3) is 2.18. The molecule has 80 valence electrons. The minimum absolute atomic E-state index is 0.185. The summed E-state index contributed by atoms with van der Waals surface area (Å²) in [5.74, 6) is 1.94. The van der Waals surface area contributed by atoms with Crippen molar-refractivity contribution in [2.45, 2.75) is 25.6 Å². The fourth-order valence-corrected chi connectivity index (χ4v) is 3.54. The van der Waals surface area contributed by atoms with Gasteiger partial charge in [0.25, 0.3) is 0 Å². The Bertz CT molecular complexity index is 470. The van der Waals surface area contributed by atoms with Gasteiger partial charge in [-0.05, 0) is 44.5 Å². The van der Waals surface area contributed by atoms with Crippen molar-refractivity contribution in [1.82, 2.24) is 0 Å². The quantitative estimate of drug-likeness (QED) is 0.726. The topological polar surface area (TPSA) is 13.1 Å². The standard InChI is InChI=1S/C12H13BrOS/c1-7-6-9(3)15-12(7)11(13)10-5-4-8(2)14-10/h4-6,11H,1-3H3. The highest BCUT2D eigenvalue weighted by molar-refractivity contribution is 9.09. The van der Waals surface area contributed by atoms with E-state index in [1.807, 2.05) is 30.4 Å². The second-order valence-corrected chi connectivity index (χ2v) is 5.92. The highest BCUT2D eigenvalue weighted by atomic mass is 79.9. The minimum atomic E-state index is 0.185. The molecule has 0 aliphatic heterocycles. The molecule has 0 aromatic carbocycles. The van der Waals surface area contributed by atoms with Crippen LogP contribution in [0.4, 0.5) is 0 Å². The van der Waals surface area contributed by atoms with E-state index >= 15 is 0 Å². The summed E-state index contributed by atoms with van der Waals surface area (Å²) >= 11 is 5.51.